The normalized spacial score (nSPS) is 30.1. The van der Waals surface area contributed by atoms with Crippen molar-refractivity contribution in [2.75, 3.05) is 6.54 Å². The zero-order chi connectivity index (χ0) is 11.8. The minimum absolute atomic E-state index is 0.0241. The number of fused-ring (bicyclic) bond motifs is 2. The first-order chi connectivity index (χ1) is 8.25. The van der Waals surface area contributed by atoms with Crippen LogP contribution in [0, 0.1) is 0 Å². The molecular formula is C14H17NO2. The second-order valence-corrected chi connectivity index (χ2v) is 4.92. The van der Waals surface area contributed by atoms with E-state index in [1.165, 1.54) is 5.56 Å². The molecule has 2 bridgehead atoms. The molecule has 2 aliphatic heterocycles. The summed E-state index contributed by atoms with van der Waals surface area (Å²) in [7, 11) is 0. The van der Waals surface area contributed by atoms with Crippen LogP contribution < -0.4 is 0 Å². The minimum atomic E-state index is -0.0321. The summed E-state index contributed by atoms with van der Waals surface area (Å²) in [6.07, 6.45) is 2.02. The first-order valence-corrected chi connectivity index (χ1v) is 6.27. The van der Waals surface area contributed by atoms with Crippen molar-refractivity contribution < 1.29 is 9.53 Å². The van der Waals surface area contributed by atoms with E-state index in [1.807, 2.05) is 18.2 Å². The van der Waals surface area contributed by atoms with Crippen molar-refractivity contribution in [3.05, 3.63) is 35.9 Å². The van der Waals surface area contributed by atoms with Crippen LogP contribution in [0.4, 0.5) is 0 Å². The third-order valence-corrected chi connectivity index (χ3v) is 3.93. The maximum absolute atomic E-state index is 11.7. The Morgan fingerprint density at radius 3 is 2.88 bits per heavy atom. The molecule has 0 spiro atoms. The van der Waals surface area contributed by atoms with Crippen molar-refractivity contribution in [1.29, 1.82) is 0 Å². The maximum Gasteiger partial charge on any atom is 0.323 e. The largest absolute Gasteiger partial charge is 0.461 e. The molecule has 3 nitrogen and oxygen atoms in total. The van der Waals surface area contributed by atoms with Gasteiger partial charge in [0.05, 0.1) is 0 Å². The van der Waals surface area contributed by atoms with Gasteiger partial charge in [0, 0.05) is 19.0 Å². The van der Waals surface area contributed by atoms with Gasteiger partial charge in [-0.15, -0.1) is 0 Å². The van der Waals surface area contributed by atoms with E-state index in [-0.39, 0.29) is 24.2 Å². The van der Waals surface area contributed by atoms with Crippen LogP contribution in [0.25, 0.3) is 0 Å². The van der Waals surface area contributed by atoms with Gasteiger partial charge < -0.3 is 4.74 Å². The third kappa shape index (κ3) is 1.84. The Morgan fingerprint density at radius 1 is 1.35 bits per heavy atom. The van der Waals surface area contributed by atoms with Crippen LogP contribution in [-0.2, 0) is 9.53 Å². The fraction of sp³-hybridized carbons (Fsp3) is 0.500. The van der Waals surface area contributed by atoms with Crippen LogP contribution in [-0.4, -0.2) is 29.6 Å². The second-order valence-electron chi connectivity index (χ2n) is 4.92. The highest BCUT2D eigenvalue weighted by Crippen LogP contribution is 2.34. The summed E-state index contributed by atoms with van der Waals surface area (Å²) in [5.41, 5.74) is 1.27. The molecule has 3 atom stereocenters. The van der Waals surface area contributed by atoms with Gasteiger partial charge in [-0.2, -0.15) is 0 Å². The highest BCUT2D eigenvalue weighted by atomic mass is 16.6. The molecule has 0 saturated carbocycles. The van der Waals surface area contributed by atoms with Gasteiger partial charge in [-0.3, -0.25) is 9.69 Å². The summed E-state index contributed by atoms with van der Waals surface area (Å²) in [6.45, 7) is 3.12. The lowest BCUT2D eigenvalue weighted by molar-refractivity contribution is -0.143. The van der Waals surface area contributed by atoms with Crippen LogP contribution in [0.1, 0.15) is 31.4 Å². The number of piperidine rings is 1. The minimum Gasteiger partial charge on any atom is -0.461 e. The van der Waals surface area contributed by atoms with Crippen molar-refractivity contribution in [2.24, 2.45) is 0 Å². The average molecular weight is 231 g/mol. The quantitative estimate of drug-likeness (QED) is 0.730. The number of hydrogen-bond donors (Lipinski definition) is 0. The molecule has 2 saturated heterocycles. The fourth-order valence-corrected chi connectivity index (χ4v) is 2.92. The van der Waals surface area contributed by atoms with E-state index in [1.54, 1.807) is 0 Å². The summed E-state index contributed by atoms with van der Waals surface area (Å²) in [4.78, 5) is 14.0. The number of benzene rings is 1. The second kappa shape index (κ2) is 4.15. The van der Waals surface area contributed by atoms with Crippen molar-refractivity contribution in [2.45, 2.75) is 38.0 Å². The maximum atomic E-state index is 11.7. The van der Waals surface area contributed by atoms with Gasteiger partial charge in [0.2, 0.25) is 0 Å². The molecule has 17 heavy (non-hydrogen) atoms. The Kier molecular flexibility index (Phi) is 2.63. The standard InChI is InChI=1S/C14H17NO2/c1-10(11-5-3-2-4-6-11)15-8-7-12-9-13(15)14(16)17-12/h2-6,10,12-13H,7-9H2,1H3/t10-,12?,13?/m1/s1. The Labute approximate surface area is 101 Å². The van der Waals surface area contributed by atoms with E-state index in [0.29, 0.717) is 0 Å². The molecule has 0 radical (unpaired) electrons. The van der Waals surface area contributed by atoms with Gasteiger partial charge in [-0.25, -0.2) is 0 Å². The first kappa shape index (κ1) is 10.8. The highest BCUT2D eigenvalue weighted by Gasteiger charge is 2.44. The number of ether oxygens (including phenoxy) is 1. The van der Waals surface area contributed by atoms with E-state index >= 15 is 0 Å². The van der Waals surface area contributed by atoms with Gasteiger partial charge in [0.15, 0.2) is 0 Å². The monoisotopic (exact) mass is 231 g/mol. The number of hydrogen-bond acceptors (Lipinski definition) is 3. The summed E-state index contributed by atoms with van der Waals surface area (Å²) >= 11 is 0. The molecular weight excluding hydrogens is 214 g/mol. The van der Waals surface area contributed by atoms with E-state index in [0.717, 1.165) is 19.4 Å². The number of carbonyl (C=O) groups excluding carboxylic acids is 1. The Morgan fingerprint density at radius 2 is 2.12 bits per heavy atom. The molecule has 0 amide bonds. The first-order valence-electron chi connectivity index (χ1n) is 6.27. The molecule has 0 aliphatic carbocycles. The molecule has 0 aromatic heterocycles. The Balaban J connectivity index is 1.82. The van der Waals surface area contributed by atoms with Crippen LogP contribution in [0.3, 0.4) is 0 Å². The molecule has 1 aromatic carbocycles. The van der Waals surface area contributed by atoms with E-state index < -0.39 is 0 Å². The summed E-state index contributed by atoms with van der Waals surface area (Å²) in [5, 5.41) is 0. The lowest BCUT2D eigenvalue weighted by Crippen LogP contribution is -2.43. The van der Waals surface area contributed by atoms with Crippen molar-refractivity contribution in [3.63, 3.8) is 0 Å². The zero-order valence-electron chi connectivity index (χ0n) is 10.0. The number of likely N-dealkylation sites (tertiary alicyclic amines) is 1. The molecule has 2 aliphatic rings. The summed E-state index contributed by atoms with van der Waals surface area (Å²) < 4.78 is 5.32. The molecule has 2 fully saturated rings. The molecule has 2 unspecified atom stereocenters. The topological polar surface area (TPSA) is 29.5 Å². The van der Waals surface area contributed by atoms with Gasteiger partial charge in [0.25, 0.3) is 0 Å². The van der Waals surface area contributed by atoms with Crippen molar-refractivity contribution in [3.8, 4) is 0 Å². The number of esters is 1. The number of carbonyl (C=O) groups is 1. The molecule has 2 heterocycles. The molecule has 3 rings (SSSR count). The predicted octanol–water partition coefficient (Wildman–Crippen LogP) is 2.14. The smallest absolute Gasteiger partial charge is 0.323 e. The average Bonchev–Trinajstić information content (AvgIpc) is 2.66. The SMILES string of the molecule is C[C@H](c1ccccc1)N1CCC2CC1C(=O)O2. The molecule has 3 heteroatoms. The zero-order valence-corrected chi connectivity index (χ0v) is 10.0. The lowest BCUT2D eigenvalue weighted by atomic mass is 9.98. The summed E-state index contributed by atoms with van der Waals surface area (Å²) in [6, 6.07) is 10.6. The van der Waals surface area contributed by atoms with Crippen LogP contribution in [0.2, 0.25) is 0 Å². The number of nitrogens with zero attached hydrogens (tertiary/aromatic N) is 1. The van der Waals surface area contributed by atoms with Crippen LogP contribution in [0.15, 0.2) is 30.3 Å². The van der Waals surface area contributed by atoms with Crippen LogP contribution >= 0.6 is 0 Å². The van der Waals surface area contributed by atoms with Gasteiger partial charge in [0.1, 0.15) is 12.1 Å². The highest BCUT2D eigenvalue weighted by molar-refractivity contribution is 5.78. The fourth-order valence-electron chi connectivity index (χ4n) is 2.92. The van der Waals surface area contributed by atoms with Gasteiger partial charge in [-0.1, -0.05) is 30.3 Å². The van der Waals surface area contributed by atoms with E-state index in [9.17, 15) is 4.79 Å². The summed E-state index contributed by atoms with van der Waals surface area (Å²) in [5.74, 6) is -0.0321. The van der Waals surface area contributed by atoms with Gasteiger partial charge >= 0.3 is 5.97 Å². The van der Waals surface area contributed by atoms with Gasteiger partial charge in [-0.05, 0) is 18.9 Å². The molecule has 0 N–H and O–H groups in total. The third-order valence-electron chi connectivity index (χ3n) is 3.93. The molecule has 1 aromatic rings. The van der Waals surface area contributed by atoms with E-state index in [2.05, 4.69) is 24.0 Å². The number of rotatable bonds is 2. The Bertz CT molecular complexity index is 417. The van der Waals surface area contributed by atoms with Crippen LogP contribution in [0.5, 0.6) is 0 Å². The predicted molar refractivity (Wildman–Crippen MR) is 64.5 cm³/mol. The molecule has 90 valence electrons. The lowest BCUT2D eigenvalue weighted by Gasteiger charge is -2.34. The van der Waals surface area contributed by atoms with E-state index in [4.69, 9.17) is 4.74 Å². The van der Waals surface area contributed by atoms with Crippen molar-refractivity contribution >= 4 is 5.97 Å². The van der Waals surface area contributed by atoms with Crippen molar-refractivity contribution in [1.82, 2.24) is 4.90 Å². The Hall–Kier alpha value is -1.35.